The molecule has 0 amide bonds. The Kier molecular flexibility index (Phi) is 3.85. The van der Waals surface area contributed by atoms with Crippen molar-refractivity contribution in [2.45, 2.75) is 13.8 Å². The molecule has 3 nitrogen and oxygen atoms in total. The number of halogens is 1. The van der Waals surface area contributed by atoms with Crippen LogP contribution in [0.25, 0.3) is 10.4 Å². The second-order valence-corrected chi connectivity index (χ2v) is 5.05. The number of rotatable bonds is 3. The average molecular weight is 279 g/mol. The van der Waals surface area contributed by atoms with Crippen molar-refractivity contribution in [1.29, 1.82) is 0 Å². The van der Waals surface area contributed by atoms with Gasteiger partial charge in [0.05, 0.1) is 12.3 Å². The first-order valence-corrected chi connectivity index (χ1v) is 6.68. The van der Waals surface area contributed by atoms with E-state index in [0.29, 0.717) is 22.7 Å². The van der Waals surface area contributed by atoms with E-state index in [1.165, 1.54) is 23.5 Å². The highest BCUT2D eigenvalue weighted by Crippen LogP contribution is 2.38. The van der Waals surface area contributed by atoms with Crippen molar-refractivity contribution in [2.24, 2.45) is 0 Å². The van der Waals surface area contributed by atoms with Gasteiger partial charge in [-0.15, -0.1) is 11.3 Å². The number of nitrogens with two attached hydrogens (primary N) is 1. The van der Waals surface area contributed by atoms with Crippen molar-refractivity contribution < 1.29 is 13.9 Å². The SMILES string of the molecule is CCOC(=O)c1sc(-c2cccc(F)c2)c(C)c1N. The minimum Gasteiger partial charge on any atom is -0.462 e. The summed E-state index contributed by atoms with van der Waals surface area (Å²) in [7, 11) is 0. The second-order valence-electron chi connectivity index (χ2n) is 4.03. The number of ether oxygens (including phenoxy) is 1. The molecule has 0 radical (unpaired) electrons. The maximum absolute atomic E-state index is 13.3. The Hall–Kier alpha value is -1.88. The van der Waals surface area contributed by atoms with Gasteiger partial charge in [-0.05, 0) is 37.1 Å². The van der Waals surface area contributed by atoms with Gasteiger partial charge >= 0.3 is 5.97 Å². The molecule has 0 aliphatic heterocycles. The fraction of sp³-hybridized carbons (Fsp3) is 0.214. The Morgan fingerprint density at radius 1 is 1.47 bits per heavy atom. The number of carbonyl (C=O) groups excluding carboxylic acids is 1. The Morgan fingerprint density at radius 3 is 2.84 bits per heavy atom. The van der Waals surface area contributed by atoms with Gasteiger partial charge in [-0.1, -0.05) is 12.1 Å². The molecule has 0 aliphatic rings. The van der Waals surface area contributed by atoms with Crippen LogP contribution in [0.2, 0.25) is 0 Å². The fourth-order valence-electron chi connectivity index (χ4n) is 1.78. The number of hydrogen-bond acceptors (Lipinski definition) is 4. The van der Waals surface area contributed by atoms with Gasteiger partial charge in [0, 0.05) is 4.88 Å². The van der Waals surface area contributed by atoms with E-state index in [2.05, 4.69) is 0 Å². The zero-order valence-electron chi connectivity index (χ0n) is 10.7. The van der Waals surface area contributed by atoms with Crippen molar-refractivity contribution in [2.75, 3.05) is 12.3 Å². The summed E-state index contributed by atoms with van der Waals surface area (Å²) in [6, 6.07) is 6.22. The van der Waals surface area contributed by atoms with E-state index in [1.54, 1.807) is 19.1 Å². The number of esters is 1. The summed E-state index contributed by atoms with van der Waals surface area (Å²) in [5.74, 6) is -0.752. The smallest absolute Gasteiger partial charge is 0.350 e. The van der Waals surface area contributed by atoms with Crippen molar-refractivity contribution in [3.8, 4) is 10.4 Å². The van der Waals surface area contributed by atoms with Crippen molar-refractivity contribution in [3.05, 3.63) is 40.5 Å². The minimum absolute atomic E-state index is 0.296. The third-order valence-corrected chi connectivity index (χ3v) is 4.08. The molecular formula is C14H14FNO2S. The highest BCUT2D eigenvalue weighted by molar-refractivity contribution is 7.18. The Labute approximate surface area is 114 Å². The molecule has 0 fully saturated rings. The molecule has 1 aromatic heterocycles. The molecule has 2 rings (SSSR count). The van der Waals surface area contributed by atoms with Crippen molar-refractivity contribution in [1.82, 2.24) is 0 Å². The Balaban J connectivity index is 2.49. The standard InChI is InChI=1S/C14H14FNO2S/c1-3-18-14(17)13-11(16)8(2)12(19-13)9-5-4-6-10(15)7-9/h4-7H,3,16H2,1-2H3. The highest BCUT2D eigenvalue weighted by Gasteiger charge is 2.20. The fourth-order valence-corrected chi connectivity index (χ4v) is 2.90. The van der Waals surface area contributed by atoms with Crippen LogP contribution in [0.4, 0.5) is 10.1 Å². The van der Waals surface area contributed by atoms with E-state index in [1.807, 2.05) is 6.92 Å². The lowest BCUT2D eigenvalue weighted by atomic mass is 10.1. The quantitative estimate of drug-likeness (QED) is 0.873. The van der Waals surface area contributed by atoms with Crippen molar-refractivity contribution in [3.63, 3.8) is 0 Å². The van der Waals surface area contributed by atoms with E-state index in [9.17, 15) is 9.18 Å². The summed E-state index contributed by atoms with van der Waals surface area (Å²) < 4.78 is 18.2. The molecule has 19 heavy (non-hydrogen) atoms. The van der Waals surface area contributed by atoms with Gasteiger partial charge in [0.1, 0.15) is 10.7 Å². The van der Waals surface area contributed by atoms with Gasteiger partial charge < -0.3 is 10.5 Å². The molecule has 2 aromatic rings. The summed E-state index contributed by atoms with van der Waals surface area (Å²) >= 11 is 1.23. The third-order valence-electron chi connectivity index (χ3n) is 2.74. The van der Waals surface area contributed by atoms with Crippen LogP contribution in [0.5, 0.6) is 0 Å². The van der Waals surface area contributed by atoms with E-state index in [4.69, 9.17) is 10.5 Å². The van der Waals surface area contributed by atoms with Crippen LogP contribution in [-0.2, 0) is 4.74 Å². The van der Waals surface area contributed by atoms with Gasteiger partial charge in [0.15, 0.2) is 0 Å². The molecule has 0 saturated heterocycles. The molecule has 5 heteroatoms. The zero-order valence-corrected chi connectivity index (χ0v) is 11.5. The maximum atomic E-state index is 13.3. The van der Waals surface area contributed by atoms with Crippen LogP contribution in [0.3, 0.4) is 0 Å². The topological polar surface area (TPSA) is 52.3 Å². The number of carbonyl (C=O) groups is 1. The lowest BCUT2D eigenvalue weighted by molar-refractivity contribution is 0.0533. The first-order valence-electron chi connectivity index (χ1n) is 5.86. The summed E-state index contributed by atoms with van der Waals surface area (Å²) in [4.78, 5) is 12.9. The summed E-state index contributed by atoms with van der Waals surface area (Å²) in [6.07, 6.45) is 0. The predicted molar refractivity (Wildman–Crippen MR) is 74.8 cm³/mol. The number of benzene rings is 1. The van der Waals surface area contributed by atoms with Gasteiger partial charge in [0.25, 0.3) is 0 Å². The number of hydrogen-bond donors (Lipinski definition) is 1. The summed E-state index contributed by atoms with van der Waals surface area (Å²) in [6.45, 7) is 3.85. The van der Waals surface area contributed by atoms with Crippen LogP contribution in [0.15, 0.2) is 24.3 Å². The molecule has 2 N–H and O–H groups in total. The lowest BCUT2D eigenvalue weighted by Crippen LogP contribution is -2.05. The van der Waals surface area contributed by atoms with E-state index >= 15 is 0 Å². The van der Waals surface area contributed by atoms with Crippen LogP contribution >= 0.6 is 11.3 Å². The van der Waals surface area contributed by atoms with Gasteiger partial charge in [-0.3, -0.25) is 0 Å². The molecule has 100 valence electrons. The van der Waals surface area contributed by atoms with Crippen LogP contribution in [0.1, 0.15) is 22.2 Å². The van der Waals surface area contributed by atoms with Crippen LogP contribution < -0.4 is 5.73 Å². The Morgan fingerprint density at radius 2 is 2.21 bits per heavy atom. The van der Waals surface area contributed by atoms with Crippen LogP contribution in [-0.4, -0.2) is 12.6 Å². The highest BCUT2D eigenvalue weighted by atomic mass is 32.1. The molecule has 1 aromatic carbocycles. The monoisotopic (exact) mass is 279 g/mol. The van der Waals surface area contributed by atoms with Gasteiger partial charge in [0.2, 0.25) is 0 Å². The number of anilines is 1. The summed E-state index contributed by atoms with van der Waals surface area (Å²) in [5.41, 5.74) is 7.82. The molecule has 0 bridgehead atoms. The molecule has 1 heterocycles. The first kappa shape index (κ1) is 13.5. The van der Waals surface area contributed by atoms with E-state index < -0.39 is 5.97 Å². The Bertz CT molecular complexity index is 622. The zero-order chi connectivity index (χ0) is 14.0. The van der Waals surface area contributed by atoms with Gasteiger partial charge in [-0.25, -0.2) is 9.18 Å². The predicted octanol–water partition coefficient (Wildman–Crippen LogP) is 3.62. The molecule has 0 spiro atoms. The lowest BCUT2D eigenvalue weighted by Gasteiger charge is -2.00. The molecule has 0 atom stereocenters. The average Bonchev–Trinajstić information content (AvgIpc) is 2.67. The maximum Gasteiger partial charge on any atom is 0.350 e. The van der Waals surface area contributed by atoms with E-state index in [0.717, 1.165) is 10.4 Å². The molecule has 0 saturated carbocycles. The van der Waals surface area contributed by atoms with Crippen molar-refractivity contribution >= 4 is 23.0 Å². The largest absolute Gasteiger partial charge is 0.462 e. The first-order chi connectivity index (χ1) is 9.04. The number of thiophene rings is 1. The normalized spacial score (nSPS) is 10.5. The summed E-state index contributed by atoms with van der Waals surface area (Å²) in [5, 5.41) is 0. The third kappa shape index (κ3) is 2.61. The second kappa shape index (κ2) is 5.40. The number of nitrogen functional groups attached to an aromatic ring is 1. The van der Waals surface area contributed by atoms with Gasteiger partial charge in [-0.2, -0.15) is 0 Å². The molecular weight excluding hydrogens is 265 g/mol. The van der Waals surface area contributed by atoms with E-state index in [-0.39, 0.29) is 5.82 Å². The molecule has 0 unspecified atom stereocenters. The molecule has 0 aliphatic carbocycles. The minimum atomic E-state index is -0.434. The van der Waals surface area contributed by atoms with Crippen LogP contribution in [0, 0.1) is 12.7 Å².